The van der Waals surface area contributed by atoms with E-state index in [9.17, 15) is 4.79 Å². The molecule has 4 heteroatoms. The SMILES string of the molecule is O=C1c2ccccc2Oc2ccccc2N1Cc1ccc(I)cc1. The molecule has 0 aliphatic carbocycles. The van der Waals surface area contributed by atoms with E-state index in [2.05, 4.69) is 46.9 Å². The maximum Gasteiger partial charge on any atom is 0.262 e. The predicted molar refractivity (Wildman–Crippen MR) is 103 cm³/mol. The van der Waals surface area contributed by atoms with Gasteiger partial charge < -0.3 is 9.64 Å². The summed E-state index contributed by atoms with van der Waals surface area (Å²) in [6.07, 6.45) is 0. The average Bonchev–Trinajstić information content (AvgIpc) is 2.73. The maximum atomic E-state index is 13.1. The van der Waals surface area contributed by atoms with Gasteiger partial charge in [-0.15, -0.1) is 0 Å². The van der Waals surface area contributed by atoms with Gasteiger partial charge in [0.1, 0.15) is 5.75 Å². The summed E-state index contributed by atoms with van der Waals surface area (Å²) in [5.41, 5.74) is 2.45. The Morgan fingerprint density at radius 3 is 2.29 bits per heavy atom. The van der Waals surface area contributed by atoms with Crippen LogP contribution in [-0.4, -0.2) is 5.91 Å². The van der Waals surface area contributed by atoms with Crippen molar-refractivity contribution >= 4 is 34.2 Å². The molecule has 0 atom stereocenters. The van der Waals surface area contributed by atoms with Gasteiger partial charge in [0, 0.05) is 3.57 Å². The van der Waals surface area contributed by atoms with Gasteiger partial charge in [-0.1, -0.05) is 36.4 Å². The zero-order valence-electron chi connectivity index (χ0n) is 12.8. The molecule has 0 aromatic heterocycles. The zero-order chi connectivity index (χ0) is 16.5. The average molecular weight is 427 g/mol. The first-order valence-corrected chi connectivity index (χ1v) is 8.72. The number of ether oxygens (including phenoxy) is 1. The van der Waals surface area contributed by atoms with Gasteiger partial charge in [0.25, 0.3) is 5.91 Å². The minimum atomic E-state index is -0.0471. The third-order valence-electron chi connectivity index (χ3n) is 3.99. The Kier molecular flexibility index (Phi) is 3.98. The lowest BCUT2D eigenvalue weighted by Gasteiger charge is -2.22. The smallest absolute Gasteiger partial charge is 0.262 e. The van der Waals surface area contributed by atoms with Crippen molar-refractivity contribution in [1.29, 1.82) is 0 Å². The van der Waals surface area contributed by atoms with Crippen molar-refractivity contribution in [2.24, 2.45) is 0 Å². The molecule has 0 saturated carbocycles. The Morgan fingerprint density at radius 1 is 0.833 bits per heavy atom. The quantitative estimate of drug-likeness (QED) is 0.524. The molecule has 0 fully saturated rings. The third kappa shape index (κ3) is 2.78. The molecule has 3 aromatic carbocycles. The van der Waals surface area contributed by atoms with Crippen molar-refractivity contribution in [3.05, 3.63) is 87.5 Å². The molecular formula is C20H14INO2. The number of amides is 1. The predicted octanol–water partition coefficient (Wildman–Crippen LogP) is 5.24. The maximum absolute atomic E-state index is 13.1. The fourth-order valence-electron chi connectivity index (χ4n) is 2.80. The molecule has 1 aliphatic rings. The van der Waals surface area contributed by atoms with Crippen molar-refractivity contribution in [2.45, 2.75) is 6.54 Å². The van der Waals surface area contributed by atoms with Crippen LogP contribution in [0.5, 0.6) is 11.5 Å². The van der Waals surface area contributed by atoms with Gasteiger partial charge in [0.2, 0.25) is 0 Å². The molecule has 0 saturated heterocycles. The third-order valence-corrected chi connectivity index (χ3v) is 4.71. The van der Waals surface area contributed by atoms with Crippen LogP contribution in [0.25, 0.3) is 0 Å². The van der Waals surface area contributed by atoms with Crippen LogP contribution in [0, 0.1) is 3.57 Å². The number of carbonyl (C=O) groups is 1. The van der Waals surface area contributed by atoms with Crippen molar-refractivity contribution < 1.29 is 9.53 Å². The fourth-order valence-corrected chi connectivity index (χ4v) is 3.16. The summed E-state index contributed by atoms with van der Waals surface area (Å²) in [6.45, 7) is 0.504. The second kappa shape index (κ2) is 6.28. The van der Waals surface area contributed by atoms with E-state index in [0.29, 0.717) is 23.6 Å². The van der Waals surface area contributed by atoms with E-state index in [4.69, 9.17) is 4.74 Å². The molecule has 1 amide bonds. The Balaban J connectivity index is 1.81. The summed E-state index contributed by atoms with van der Waals surface area (Å²) in [4.78, 5) is 14.9. The summed E-state index contributed by atoms with van der Waals surface area (Å²) in [6, 6.07) is 23.2. The highest BCUT2D eigenvalue weighted by molar-refractivity contribution is 14.1. The number of para-hydroxylation sites is 3. The first kappa shape index (κ1) is 15.2. The van der Waals surface area contributed by atoms with Crippen LogP contribution < -0.4 is 9.64 Å². The Bertz CT molecular complexity index is 906. The highest BCUT2D eigenvalue weighted by atomic mass is 127. The van der Waals surface area contributed by atoms with Crippen molar-refractivity contribution in [2.75, 3.05) is 4.90 Å². The normalized spacial score (nSPS) is 12.9. The van der Waals surface area contributed by atoms with Gasteiger partial charge >= 0.3 is 0 Å². The summed E-state index contributed by atoms with van der Waals surface area (Å²) in [5, 5.41) is 0. The summed E-state index contributed by atoms with van der Waals surface area (Å²) in [5.74, 6) is 1.25. The Hall–Kier alpha value is -2.34. The van der Waals surface area contributed by atoms with Crippen LogP contribution in [0.2, 0.25) is 0 Å². The molecule has 118 valence electrons. The zero-order valence-corrected chi connectivity index (χ0v) is 14.9. The minimum absolute atomic E-state index is 0.0471. The van der Waals surface area contributed by atoms with Crippen molar-refractivity contribution in [3.8, 4) is 11.5 Å². The van der Waals surface area contributed by atoms with E-state index in [1.54, 1.807) is 4.90 Å². The highest BCUT2D eigenvalue weighted by Crippen LogP contribution is 2.39. The molecule has 0 N–H and O–H groups in total. The van der Waals surface area contributed by atoms with E-state index < -0.39 is 0 Å². The van der Waals surface area contributed by atoms with Gasteiger partial charge in [0.05, 0.1) is 17.8 Å². The number of hydrogen-bond acceptors (Lipinski definition) is 2. The van der Waals surface area contributed by atoms with E-state index in [0.717, 1.165) is 11.3 Å². The van der Waals surface area contributed by atoms with E-state index in [1.807, 2.05) is 48.5 Å². The first-order valence-electron chi connectivity index (χ1n) is 7.64. The van der Waals surface area contributed by atoms with Gasteiger partial charge in [0.15, 0.2) is 5.75 Å². The van der Waals surface area contributed by atoms with Crippen LogP contribution in [0.15, 0.2) is 72.8 Å². The Morgan fingerprint density at radius 2 is 1.50 bits per heavy atom. The molecule has 3 nitrogen and oxygen atoms in total. The van der Waals surface area contributed by atoms with Crippen molar-refractivity contribution in [3.63, 3.8) is 0 Å². The number of benzene rings is 3. The van der Waals surface area contributed by atoms with Gasteiger partial charge in [-0.2, -0.15) is 0 Å². The fraction of sp³-hybridized carbons (Fsp3) is 0.0500. The molecule has 1 aliphatic heterocycles. The second-order valence-corrected chi connectivity index (χ2v) is 6.83. The second-order valence-electron chi connectivity index (χ2n) is 5.58. The monoisotopic (exact) mass is 427 g/mol. The van der Waals surface area contributed by atoms with Gasteiger partial charge in [-0.25, -0.2) is 0 Å². The number of anilines is 1. The standard InChI is InChI=1S/C20H14INO2/c21-15-11-9-14(10-12-15)13-22-17-6-2-4-8-19(17)24-18-7-3-1-5-16(18)20(22)23/h1-12H,13H2. The summed E-state index contributed by atoms with van der Waals surface area (Å²) < 4.78 is 7.17. The number of fused-ring (bicyclic) bond motifs is 2. The number of hydrogen-bond donors (Lipinski definition) is 0. The molecule has 0 unspecified atom stereocenters. The van der Waals surface area contributed by atoms with E-state index in [-0.39, 0.29) is 5.91 Å². The molecule has 0 spiro atoms. The number of rotatable bonds is 2. The Labute approximate surface area is 154 Å². The van der Waals surface area contributed by atoms with Crippen LogP contribution in [0.4, 0.5) is 5.69 Å². The number of halogens is 1. The molecular weight excluding hydrogens is 413 g/mol. The lowest BCUT2D eigenvalue weighted by atomic mass is 10.1. The largest absolute Gasteiger partial charge is 0.454 e. The topological polar surface area (TPSA) is 29.5 Å². The first-order chi connectivity index (χ1) is 11.7. The van der Waals surface area contributed by atoms with Crippen LogP contribution in [0.1, 0.15) is 15.9 Å². The highest BCUT2D eigenvalue weighted by Gasteiger charge is 2.27. The van der Waals surface area contributed by atoms with E-state index >= 15 is 0 Å². The minimum Gasteiger partial charge on any atom is -0.454 e. The lowest BCUT2D eigenvalue weighted by Crippen LogP contribution is -2.29. The van der Waals surface area contributed by atoms with Gasteiger partial charge in [-0.05, 0) is 64.6 Å². The molecule has 4 rings (SSSR count). The van der Waals surface area contributed by atoms with Gasteiger partial charge in [-0.3, -0.25) is 4.79 Å². The summed E-state index contributed by atoms with van der Waals surface area (Å²) in [7, 11) is 0. The van der Waals surface area contributed by atoms with E-state index in [1.165, 1.54) is 3.57 Å². The van der Waals surface area contributed by atoms with Crippen LogP contribution in [0.3, 0.4) is 0 Å². The molecule has 3 aromatic rings. The van der Waals surface area contributed by atoms with Crippen LogP contribution >= 0.6 is 22.6 Å². The van der Waals surface area contributed by atoms with Crippen molar-refractivity contribution in [1.82, 2.24) is 0 Å². The number of nitrogens with zero attached hydrogens (tertiary/aromatic N) is 1. The lowest BCUT2D eigenvalue weighted by molar-refractivity contribution is 0.0985. The van der Waals surface area contributed by atoms with Crippen LogP contribution in [-0.2, 0) is 6.54 Å². The summed E-state index contributed by atoms with van der Waals surface area (Å²) >= 11 is 2.28. The molecule has 0 radical (unpaired) electrons. The molecule has 24 heavy (non-hydrogen) atoms. The molecule has 0 bridgehead atoms. The number of carbonyl (C=O) groups excluding carboxylic acids is 1. The molecule has 1 heterocycles.